The van der Waals surface area contributed by atoms with Crippen LogP contribution in [0, 0.1) is 0 Å². The first-order chi connectivity index (χ1) is 11.6. The summed E-state index contributed by atoms with van der Waals surface area (Å²) in [5.74, 6) is 1.17. The minimum atomic E-state index is -0.337. The van der Waals surface area contributed by atoms with Crippen LogP contribution >= 0.6 is 0 Å². The quantitative estimate of drug-likeness (QED) is 0.453. The Bertz CT molecular complexity index is 712. The van der Waals surface area contributed by atoms with Gasteiger partial charge in [-0.2, -0.15) is 0 Å². The molecule has 0 saturated carbocycles. The second kappa shape index (κ2) is 8.20. The summed E-state index contributed by atoms with van der Waals surface area (Å²) < 4.78 is 15.6. The van der Waals surface area contributed by atoms with Gasteiger partial charge in [0.25, 0.3) is 0 Å². The summed E-state index contributed by atoms with van der Waals surface area (Å²) in [7, 11) is 3.23. The number of ether oxygens (including phenoxy) is 3. The van der Waals surface area contributed by atoms with Crippen molar-refractivity contribution in [3.8, 4) is 11.5 Å². The number of benzene rings is 2. The molecule has 0 atom stereocenters. The van der Waals surface area contributed by atoms with Crippen LogP contribution < -0.4 is 9.47 Å². The van der Waals surface area contributed by atoms with Gasteiger partial charge in [0, 0.05) is 0 Å². The number of allylic oxidation sites excluding steroid dienone is 1. The normalized spacial score (nSPS) is 11.5. The van der Waals surface area contributed by atoms with Crippen molar-refractivity contribution in [2.45, 2.75) is 13.8 Å². The predicted molar refractivity (Wildman–Crippen MR) is 95.1 cm³/mol. The van der Waals surface area contributed by atoms with Gasteiger partial charge in [0.05, 0.1) is 26.4 Å². The third kappa shape index (κ3) is 3.96. The summed E-state index contributed by atoms with van der Waals surface area (Å²) in [4.78, 5) is 12.5. The molecule has 0 heterocycles. The van der Waals surface area contributed by atoms with E-state index in [1.165, 1.54) is 0 Å². The lowest BCUT2D eigenvalue weighted by molar-refractivity contribution is -0.136. The van der Waals surface area contributed by atoms with Crippen LogP contribution in [0.25, 0.3) is 11.1 Å². The van der Waals surface area contributed by atoms with E-state index >= 15 is 0 Å². The number of hydrogen-bond donors (Lipinski definition) is 0. The Balaban J connectivity index is 2.51. The van der Waals surface area contributed by atoms with Gasteiger partial charge >= 0.3 is 5.97 Å². The molecule has 0 saturated heterocycles. The number of carbonyl (C=O) groups is 1. The molecule has 2 rings (SSSR count). The Labute approximate surface area is 142 Å². The topological polar surface area (TPSA) is 44.8 Å². The molecule has 0 amide bonds. The molecule has 0 radical (unpaired) electrons. The van der Waals surface area contributed by atoms with E-state index in [9.17, 15) is 4.79 Å². The summed E-state index contributed by atoms with van der Waals surface area (Å²) in [5, 5.41) is 0. The largest absolute Gasteiger partial charge is 0.497 e. The Hall–Kier alpha value is -2.75. The van der Waals surface area contributed by atoms with Gasteiger partial charge in [-0.3, -0.25) is 0 Å². The average Bonchev–Trinajstić information content (AvgIpc) is 2.62. The van der Waals surface area contributed by atoms with E-state index in [1.54, 1.807) is 21.1 Å². The molecule has 0 aliphatic rings. The van der Waals surface area contributed by atoms with E-state index in [4.69, 9.17) is 14.2 Å². The second-order valence-corrected chi connectivity index (χ2v) is 5.18. The number of carbonyl (C=O) groups excluding carboxylic acids is 1. The van der Waals surface area contributed by atoms with Crippen LogP contribution in [-0.4, -0.2) is 26.8 Å². The average molecular weight is 326 g/mol. The zero-order valence-corrected chi connectivity index (χ0v) is 14.5. The highest BCUT2D eigenvalue weighted by molar-refractivity contribution is 6.24. The SMILES string of the molecule is CCOC(=O)/C(=C(/C)c1ccc(OC)cc1)c1ccc(OC)cc1. The third-order valence-corrected chi connectivity index (χ3v) is 3.76. The number of rotatable bonds is 6. The highest BCUT2D eigenvalue weighted by atomic mass is 16.5. The first kappa shape index (κ1) is 17.6. The second-order valence-electron chi connectivity index (χ2n) is 5.18. The summed E-state index contributed by atoms with van der Waals surface area (Å²) >= 11 is 0. The van der Waals surface area contributed by atoms with Crippen LogP contribution in [0.5, 0.6) is 11.5 Å². The molecular weight excluding hydrogens is 304 g/mol. The van der Waals surface area contributed by atoms with Gasteiger partial charge in [0.15, 0.2) is 0 Å². The zero-order chi connectivity index (χ0) is 17.5. The van der Waals surface area contributed by atoms with Gasteiger partial charge in [0.1, 0.15) is 11.5 Å². The summed E-state index contributed by atoms with van der Waals surface area (Å²) in [6, 6.07) is 15.0. The van der Waals surface area contributed by atoms with E-state index in [2.05, 4.69) is 0 Å². The van der Waals surface area contributed by atoms with Gasteiger partial charge < -0.3 is 14.2 Å². The van der Waals surface area contributed by atoms with Crippen molar-refractivity contribution in [3.05, 3.63) is 59.7 Å². The Morgan fingerprint density at radius 3 is 1.71 bits per heavy atom. The fourth-order valence-corrected chi connectivity index (χ4v) is 2.43. The minimum absolute atomic E-state index is 0.328. The molecule has 0 N–H and O–H groups in total. The molecule has 2 aromatic rings. The van der Waals surface area contributed by atoms with Crippen molar-refractivity contribution in [1.82, 2.24) is 0 Å². The number of methoxy groups -OCH3 is 2. The van der Waals surface area contributed by atoms with E-state index in [0.717, 1.165) is 28.2 Å². The molecule has 0 aliphatic heterocycles. The Kier molecular flexibility index (Phi) is 6.01. The minimum Gasteiger partial charge on any atom is -0.497 e. The predicted octanol–water partition coefficient (Wildman–Crippen LogP) is 4.20. The van der Waals surface area contributed by atoms with Gasteiger partial charge in [0.2, 0.25) is 0 Å². The summed E-state index contributed by atoms with van der Waals surface area (Å²) in [6.07, 6.45) is 0. The first-order valence-electron chi connectivity index (χ1n) is 7.77. The molecule has 0 unspecified atom stereocenters. The Morgan fingerprint density at radius 1 is 0.833 bits per heavy atom. The van der Waals surface area contributed by atoms with E-state index in [0.29, 0.717) is 12.2 Å². The van der Waals surface area contributed by atoms with Gasteiger partial charge in [-0.1, -0.05) is 24.3 Å². The molecule has 4 nitrogen and oxygen atoms in total. The molecule has 0 spiro atoms. The van der Waals surface area contributed by atoms with Crippen LogP contribution in [0.4, 0.5) is 0 Å². The summed E-state index contributed by atoms with van der Waals surface area (Å²) in [5.41, 5.74) is 3.13. The molecule has 0 aromatic heterocycles. The Morgan fingerprint density at radius 2 is 1.29 bits per heavy atom. The van der Waals surface area contributed by atoms with Crippen molar-refractivity contribution in [2.24, 2.45) is 0 Å². The third-order valence-electron chi connectivity index (χ3n) is 3.76. The monoisotopic (exact) mass is 326 g/mol. The highest BCUT2D eigenvalue weighted by Gasteiger charge is 2.18. The molecule has 0 fully saturated rings. The van der Waals surface area contributed by atoms with Gasteiger partial charge in [-0.05, 0) is 54.8 Å². The molecule has 2 aromatic carbocycles. The van der Waals surface area contributed by atoms with Crippen LogP contribution in [0.2, 0.25) is 0 Å². The smallest absolute Gasteiger partial charge is 0.339 e. The maximum Gasteiger partial charge on any atom is 0.339 e. The van der Waals surface area contributed by atoms with Gasteiger partial charge in [-0.15, -0.1) is 0 Å². The van der Waals surface area contributed by atoms with Crippen molar-refractivity contribution in [2.75, 3.05) is 20.8 Å². The van der Waals surface area contributed by atoms with Gasteiger partial charge in [-0.25, -0.2) is 4.79 Å². The number of hydrogen-bond acceptors (Lipinski definition) is 4. The van der Waals surface area contributed by atoms with E-state index < -0.39 is 0 Å². The van der Waals surface area contributed by atoms with E-state index in [1.807, 2.05) is 55.5 Å². The molecule has 0 aliphatic carbocycles. The zero-order valence-electron chi connectivity index (χ0n) is 14.5. The van der Waals surface area contributed by atoms with Crippen molar-refractivity contribution in [3.63, 3.8) is 0 Å². The molecular formula is C20H22O4. The van der Waals surface area contributed by atoms with Crippen molar-refractivity contribution in [1.29, 1.82) is 0 Å². The van der Waals surface area contributed by atoms with Crippen LogP contribution in [-0.2, 0) is 9.53 Å². The van der Waals surface area contributed by atoms with Crippen LogP contribution in [0.15, 0.2) is 48.5 Å². The maximum atomic E-state index is 12.5. The lowest BCUT2D eigenvalue weighted by Crippen LogP contribution is -2.08. The standard InChI is InChI=1S/C20H22O4/c1-5-24-20(21)19(16-8-12-18(23-4)13-9-16)14(2)15-6-10-17(22-3)11-7-15/h6-13H,5H2,1-4H3/b19-14-. The van der Waals surface area contributed by atoms with Crippen molar-refractivity contribution < 1.29 is 19.0 Å². The van der Waals surface area contributed by atoms with Crippen LogP contribution in [0.1, 0.15) is 25.0 Å². The lowest BCUT2D eigenvalue weighted by Gasteiger charge is -2.13. The maximum absolute atomic E-state index is 12.5. The van der Waals surface area contributed by atoms with Crippen LogP contribution in [0.3, 0.4) is 0 Å². The molecule has 126 valence electrons. The van der Waals surface area contributed by atoms with E-state index in [-0.39, 0.29) is 5.97 Å². The molecule has 24 heavy (non-hydrogen) atoms. The fourth-order valence-electron chi connectivity index (χ4n) is 2.43. The molecule has 0 bridgehead atoms. The fraction of sp³-hybridized carbons (Fsp3) is 0.250. The lowest BCUT2D eigenvalue weighted by atomic mass is 9.95. The number of esters is 1. The summed E-state index contributed by atoms with van der Waals surface area (Å²) in [6.45, 7) is 4.04. The van der Waals surface area contributed by atoms with Crippen molar-refractivity contribution >= 4 is 17.1 Å². The highest BCUT2D eigenvalue weighted by Crippen LogP contribution is 2.29. The first-order valence-corrected chi connectivity index (χ1v) is 7.77. The molecule has 4 heteroatoms.